The van der Waals surface area contributed by atoms with Crippen LogP contribution >= 0.6 is 0 Å². The summed E-state index contributed by atoms with van der Waals surface area (Å²) >= 11 is 0. The van der Waals surface area contributed by atoms with Crippen LogP contribution in [0.2, 0.25) is 0 Å². The van der Waals surface area contributed by atoms with E-state index in [4.69, 9.17) is 0 Å². The van der Waals surface area contributed by atoms with Crippen molar-refractivity contribution in [2.24, 2.45) is 11.8 Å². The average Bonchev–Trinajstić information content (AvgIpc) is 2.85. The summed E-state index contributed by atoms with van der Waals surface area (Å²) in [6, 6.07) is 0.530. The molecule has 1 unspecified atom stereocenters. The van der Waals surface area contributed by atoms with Gasteiger partial charge in [0.05, 0.1) is 12.0 Å². The Morgan fingerprint density at radius 1 is 1.50 bits per heavy atom. The molecule has 1 N–H and O–H groups in total. The maximum Gasteiger partial charge on any atom is 0.0948 e. The monoisotopic (exact) mass is 221 g/mol. The highest BCUT2D eigenvalue weighted by atomic mass is 15.1. The van der Waals surface area contributed by atoms with Crippen molar-refractivity contribution in [3.8, 4) is 0 Å². The third-order valence-corrected chi connectivity index (χ3v) is 3.78. The van der Waals surface area contributed by atoms with Crippen molar-refractivity contribution in [1.29, 1.82) is 0 Å². The van der Waals surface area contributed by atoms with Gasteiger partial charge < -0.3 is 9.88 Å². The van der Waals surface area contributed by atoms with Crippen molar-refractivity contribution in [3.63, 3.8) is 0 Å². The molecule has 0 amide bonds. The van der Waals surface area contributed by atoms with Crippen LogP contribution in [0.3, 0.4) is 0 Å². The molecular formula is C13H23N3. The second-order valence-electron chi connectivity index (χ2n) is 5.34. The smallest absolute Gasteiger partial charge is 0.0948 e. The molecule has 1 saturated heterocycles. The highest BCUT2D eigenvalue weighted by molar-refractivity contribution is 5.07. The van der Waals surface area contributed by atoms with E-state index in [1.54, 1.807) is 0 Å². The Kier molecular flexibility index (Phi) is 3.64. The van der Waals surface area contributed by atoms with Gasteiger partial charge in [0.1, 0.15) is 0 Å². The molecule has 0 radical (unpaired) electrons. The Labute approximate surface area is 98.3 Å². The van der Waals surface area contributed by atoms with Crippen LogP contribution in [-0.2, 0) is 6.54 Å². The summed E-state index contributed by atoms with van der Waals surface area (Å²) in [5, 5.41) is 3.54. The zero-order valence-electron chi connectivity index (χ0n) is 10.6. The van der Waals surface area contributed by atoms with Gasteiger partial charge in [-0.3, -0.25) is 0 Å². The molecular weight excluding hydrogens is 198 g/mol. The summed E-state index contributed by atoms with van der Waals surface area (Å²) in [7, 11) is 0. The van der Waals surface area contributed by atoms with E-state index >= 15 is 0 Å². The summed E-state index contributed by atoms with van der Waals surface area (Å²) in [5.74, 6) is 1.43. The van der Waals surface area contributed by atoms with E-state index in [9.17, 15) is 0 Å². The molecule has 0 bridgehead atoms. The summed E-state index contributed by atoms with van der Waals surface area (Å²) in [5.41, 5.74) is 1.37. The van der Waals surface area contributed by atoms with Gasteiger partial charge in [-0.15, -0.1) is 0 Å². The summed E-state index contributed by atoms with van der Waals surface area (Å²) in [4.78, 5) is 4.30. The summed E-state index contributed by atoms with van der Waals surface area (Å²) in [6.07, 6.45) is 6.54. The van der Waals surface area contributed by atoms with E-state index in [1.165, 1.54) is 18.5 Å². The lowest BCUT2D eigenvalue weighted by atomic mass is 9.98. The van der Waals surface area contributed by atoms with Gasteiger partial charge in [-0.2, -0.15) is 0 Å². The van der Waals surface area contributed by atoms with Gasteiger partial charge >= 0.3 is 0 Å². The normalized spacial score (nSPS) is 22.9. The minimum atomic E-state index is 0.530. The summed E-state index contributed by atoms with van der Waals surface area (Å²) < 4.78 is 2.33. The second kappa shape index (κ2) is 5.00. The average molecular weight is 221 g/mol. The standard InChI is InChI=1S/C13H23N3/c1-10(2)11(3)8-16-9-14-7-13(16)12-5-4-6-15-12/h7,9-12,15H,4-6,8H2,1-3H3/t11?,12-/m0/s1. The van der Waals surface area contributed by atoms with Crippen LogP contribution in [0, 0.1) is 11.8 Å². The fourth-order valence-corrected chi connectivity index (χ4v) is 2.23. The third kappa shape index (κ3) is 2.46. The highest BCUT2D eigenvalue weighted by Gasteiger charge is 2.20. The first-order valence-corrected chi connectivity index (χ1v) is 6.42. The molecule has 0 aromatic carbocycles. The molecule has 2 rings (SSSR count). The lowest BCUT2D eigenvalue weighted by molar-refractivity contribution is 0.355. The first-order chi connectivity index (χ1) is 7.68. The second-order valence-corrected chi connectivity index (χ2v) is 5.34. The molecule has 90 valence electrons. The van der Waals surface area contributed by atoms with Gasteiger partial charge in [0.15, 0.2) is 0 Å². The fourth-order valence-electron chi connectivity index (χ4n) is 2.23. The number of nitrogens with one attached hydrogen (secondary N) is 1. The first-order valence-electron chi connectivity index (χ1n) is 6.42. The summed E-state index contributed by atoms with van der Waals surface area (Å²) in [6.45, 7) is 9.13. The van der Waals surface area contributed by atoms with Crippen LogP contribution in [0.25, 0.3) is 0 Å². The van der Waals surface area contributed by atoms with Crippen molar-refractivity contribution in [3.05, 3.63) is 18.2 Å². The lowest BCUT2D eigenvalue weighted by Crippen LogP contribution is -2.20. The maximum atomic E-state index is 4.30. The van der Waals surface area contributed by atoms with Crippen molar-refractivity contribution >= 4 is 0 Å². The number of imidazole rings is 1. The Bertz CT molecular complexity index is 324. The van der Waals surface area contributed by atoms with Gasteiger partial charge in [0.2, 0.25) is 0 Å². The van der Waals surface area contributed by atoms with Crippen molar-refractivity contribution in [1.82, 2.24) is 14.9 Å². The molecule has 0 saturated carbocycles. The number of rotatable bonds is 4. The SMILES string of the molecule is CC(C)C(C)Cn1cncc1[C@@H]1CCCN1. The van der Waals surface area contributed by atoms with E-state index < -0.39 is 0 Å². The predicted molar refractivity (Wildman–Crippen MR) is 66.2 cm³/mol. The van der Waals surface area contributed by atoms with Crippen LogP contribution in [0.5, 0.6) is 0 Å². The van der Waals surface area contributed by atoms with Crippen molar-refractivity contribution < 1.29 is 0 Å². The van der Waals surface area contributed by atoms with Crippen LogP contribution < -0.4 is 5.32 Å². The predicted octanol–water partition coefficient (Wildman–Crippen LogP) is 2.60. The van der Waals surface area contributed by atoms with Crippen LogP contribution in [0.4, 0.5) is 0 Å². The zero-order chi connectivity index (χ0) is 11.5. The number of aromatic nitrogens is 2. The number of hydrogen-bond donors (Lipinski definition) is 1. The highest BCUT2D eigenvalue weighted by Crippen LogP contribution is 2.24. The van der Waals surface area contributed by atoms with Gasteiger partial charge in [-0.1, -0.05) is 20.8 Å². The van der Waals surface area contributed by atoms with Gasteiger partial charge in [0.25, 0.3) is 0 Å². The van der Waals surface area contributed by atoms with Gasteiger partial charge in [-0.25, -0.2) is 4.98 Å². The molecule has 3 nitrogen and oxygen atoms in total. The molecule has 1 aliphatic heterocycles. The minimum Gasteiger partial charge on any atom is -0.333 e. The fraction of sp³-hybridized carbons (Fsp3) is 0.769. The number of nitrogens with zero attached hydrogens (tertiary/aromatic N) is 2. The zero-order valence-corrected chi connectivity index (χ0v) is 10.6. The van der Waals surface area contributed by atoms with E-state index in [0.717, 1.165) is 19.0 Å². The van der Waals surface area contributed by atoms with E-state index in [0.29, 0.717) is 12.0 Å². The van der Waals surface area contributed by atoms with Crippen molar-refractivity contribution in [2.45, 2.75) is 46.2 Å². The minimum absolute atomic E-state index is 0.530. The van der Waals surface area contributed by atoms with E-state index in [1.807, 2.05) is 12.5 Å². The topological polar surface area (TPSA) is 29.9 Å². The van der Waals surface area contributed by atoms with Gasteiger partial charge in [-0.05, 0) is 31.2 Å². The molecule has 16 heavy (non-hydrogen) atoms. The largest absolute Gasteiger partial charge is 0.333 e. The molecule has 1 aromatic rings. The van der Waals surface area contributed by atoms with Crippen LogP contribution in [0.1, 0.15) is 45.3 Å². The molecule has 0 aliphatic carbocycles. The van der Waals surface area contributed by atoms with Crippen molar-refractivity contribution in [2.75, 3.05) is 6.54 Å². The Balaban J connectivity index is 2.06. The molecule has 2 heterocycles. The quantitative estimate of drug-likeness (QED) is 0.847. The maximum absolute atomic E-state index is 4.30. The molecule has 2 atom stereocenters. The molecule has 1 aliphatic rings. The molecule has 0 spiro atoms. The number of hydrogen-bond acceptors (Lipinski definition) is 2. The van der Waals surface area contributed by atoms with Crippen LogP contribution in [0.15, 0.2) is 12.5 Å². The Morgan fingerprint density at radius 3 is 2.94 bits per heavy atom. The van der Waals surface area contributed by atoms with Crippen LogP contribution in [-0.4, -0.2) is 16.1 Å². The molecule has 1 aromatic heterocycles. The Morgan fingerprint density at radius 2 is 2.31 bits per heavy atom. The Hall–Kier alpha value is -0.830. The molecule has 1 fully saturated rings. The first kappa shape index (κ1) is 11.6. The lowest BCUT2D eigenvalue weighted by Gasteiger charge is -2.20. The van der Waals surface area contributed by atoms with E-state index in [2.05, 4.69) is 35.6 Å². The third-order valence-electron chi connectivity index (χ3n) is 3.78. The molecule has 3 heteroatoms. The van der Waals surface area contributed by atoms with Gasteiger partial charge in [0, 0.05) is 18.8 Å². The van der Waals surface area contributed by atoms with E-state index in [-0.39, 0.29) is 0 Å².